The number of H-pyrrole nitrogens is 1. The van der Waals surface area contributed by atoms with Crippen molar-refractivity contribution >= 4 is 16.9 Å². The maximum absolute atomic E-state index is 12.9. The minimum Gasteiger partial charge on any atom is -0.468 e. The number of benzene rings is 1. The number of rotatable bonds is 2. The second-order valence-corrected chi connectivity index (χ2v) is 7.81. The molecule has 136 valence electrons. The molecule has 4 bridgehead atoms. The van der Waals surface area contributed by atoms with Gasteiger partial charge in [0.2, 0.25) is 0 Å². The second-order valence-electron chi connectivity index (χ2n) is 7.81. The van der Waals surface area contributed by atoms with Crippen molar-refractivity contribution in [2.24, 2.45) is 11.3 Å². The van der Waals surface area contributed by atoms with Crippen molar-refractivity contribution in [3.63, 3.8) is 0 Å². The van der Waals surface area contributed by atoms with Gasteiger partial charge in [0.15, 0.2) is 0 Å². The smallest absolute Gasteiger partial charge is 0.316 e. The van der Waals surface area contributed by atoms with Crippen LogP contribution in [0.1, 0.15) is 30.6 Å². The summed E-state index contributed by atoms with van der Waals surface area (Å²) < 4.78 is 5.22. The largest absolute Gasteiger partial charge is 0.468 e. The Morgan fingerprint density at radius 3 is 3.00 bits per heavy atom. The van der Waals surface area contributed by atoms with Crippen LogP contribution in [0, 0.1) is 11.3 Å². The number of piperidine rings is 3. The molecule has 26 heavy (non-hydrogen) atoms. The van der Waals surface area contributed by atoms with Gasteiger partial charge in [0.25, 0.3) is 0 Å². The van der Waals surface area contributed by atoms with Gasteiger partial charge in [0.05, 0.1) is 19.8 Å². The van der Waals surface area contributed by atoms with Crippen LogP contribution in [0.5, 0.6) is 0 Å². The number of hydrogen-bond donors (Lipinski definition) is 2. The molecule has 0 aliphatic carbocycles. The van der Waals surface area contributed by atoms with E-state index in [0.29, 0.717) is 0 Å². The Balaban J connectivity index is 1.73. The lowest BCUT2D eigenvalue weighted by Gasteiger charge is -2.62. The SMILES string of the molecule is CC=C1CN2[C@@H]3C[C@@H]1C(CO)(C(=O)OC)[C@H]2Cc1c3[nH]c2ccccc12. The number of aromatic amines is 1. The van der Waals surface area contributed by atoms with E-state index in [1.807, 2.05) is 13.0 Å². The molecule has 5 heterocycles. The van der Waals surface area contributed by atoms with Gasteiger partial charge in [0.1, 0.15) is 5.41 Å². The summed E-state index contributed by atoms with van der Waals surface area (Å²) in [4.78, 5) is 19.0. The first-order chi connectivity index (χ1) is 12.7. The molecule has 6 rings (SSSR count). The standard InChI is InChI=1S/C21H24N2O3/c1-3-12-10-23-17-9-15(12)21(11-24,20(25)26-2)18(23)8-14-13-6-4-5-7-16(13)22-19(14)17/h3-7,15,17-18,22,24H,8-11H2,1-2H3/t15-,17+,18+,21?/m0/s1. The Labute approximate surface area is 152 Å². The molecule has 4 aliphatic rings. The normalized spacial score (nSPS) is 36.3. The molecular formula is C21H24N2O3. The van der Waals surface area contributed by atoms with Crippen LogP contribution in [-0.4, -0.2) is 47.3 Å². The first-order valence-corrected chi connectivity index (χ1v) is 9.35. The fraction of sp³-hybridized carbons (Fsp3) is 0.476. The lowest BCUT2D eigenvalue weighted by Crippen LogP contribution is -2.69. The van der Waals surface area contributed by atoms with Crippen molar-refractivity contribution in [2.45, 2.75) is 31.8 Å². The van der Waals surface area contributed by atoms with Crippen LogP contribution in [0.4, 0.5) is 0 Å². The number of ether oxygens (including phenoxy) is 1. The molecule has 3 saturated heterocycles. The Kier molecular flexibility index (Phi) is 3.37. The molecule has 2 N–H and O–H groups in total. The minimum absolute atomic E-state index is 0.0286. The minimum atomic E-state index is -0.874. The Hall–Kier alpha value is -2.11. The average molecular weight is 352 g/mol. The third-order valence-electron chi connectivity index (χ3n) is 7.06. The van der Waals surface area contributed by atoms with E-state index in [4.69, 9.17) is 4.74 Å². The summed E-state index contributed by atoms with van der Waals surface area (Å²) in [6.07, 6.45) is 3.72. The van der Waals surface area contributed by atoms with Crippen LogP contribution in [-0.2, 0) is 16.0 Å². The molecule has 3 fully saturated rings. The Bertz CT molecular complexity index is 930. The van der Waals surface area contributed by atoms with Gasteiger partial charge in [-0.2, -0.15) is 0 Å². The van der Waals surface area contributed by atoms with Crippen LogP contribution < -0.4 is 0 Å². The zero-order chi connectivity index (χ0) is 18.1. The van der Waals surface area contributed by atoms with Gasteiger partial charge in [-0.15, -0.1) is 0 Å². The molecule has 5 heteroatoms. The van der Waals surface area contributed by atoms with Crippen LogP contribution >= 0.6 is 0 Å². The summed E-state index contributed by atoms with van der Waals surface area (Å²) in [5.74, 6) is -0.245. The van der Waals surface area contributed by atoms with Gasteiger partial charge in [-0.1, -0.05) is 29.8 Å². The van der Waals surface area contributed by atoms with Crippen molar-refractivity contribution in [3.05, 3.63) is 47.2 Å². The fourth-order valence-electron chi connectivity index (χ4n) is 5.88. The van der Waals surface area contributed by atoms with Gasteiger partial charge < -0.3 is 14.8 Å². The third kappa shape index (κ3) is 1.75. The maximum Gasteiger partial charge on any atom is 0.316 e. The van der Waals surface area contributed by atoms with Crippen molar-refractivity contribution in [1.29, 1.82) is 0 Å². The lowest BCUT2D eigenvalue weighted by molar-refractivity contribution is -0.183. The molecule has 0 spiro atoms. The van der Waals surface area contributed by atoms with Crippen LogP contribution in [0.2, 0.25) is 0 Å². The highest BCUT2D eigenvalue weighted by Gasteiger charge is 2.64. The van der Waals surface area contributed by atoms with E-state index in [1.165, 1.54) is 29.3 Å². The van der Waals surface area contributed by atoms with Crippen molar-refractivity contribution < 1.29 is 14.6 Å². The molecular weight excluding hydrogens is 328 g/mol. The number of para-hydroxylation sites is 1. The van der Waals surface area contributed by atoms with Crippen molar-refractivity contribution in [3.8, 4) is 0 Å². The number of nitrogens with zero attached hydrogens (tertiary/aromatic N) is 1. The van der Waals surface area contributed by atoms with Gasteiger partial charge in [-0.25, -0.2) is 0 Å². The van der Waals surface area contributed by atoms with Gasteiger partial charge in [-0.3, -0.25) is 9.69 Å². The lowest BCUT2D eigenvalue weighted by atomic mass is 9.55. The van der Waals surface area contributed by atoms with Crippen LogP contribution in [0.25, 0.3) is 10.9 Å². The molecule has 1 aromatic heterocycles. The van der Waals surface area contributed by atoms with Crippen LogP contribution in [0.15, 0.2) is 35.9 Å². The number of nitrogens with one attached hydrogen (secondary N) is 1. The summed E-state index contributed by atoms with van der Waals surface area (Å²) >= 11 is 0. The topological polar surface area (TPSA) is 65.6 Å². The Morgan fingerprint density at radius 1 is 1.46 bits per heavy atom. The monoisotopic (exact) mass is 352 g/mol. The summed E-state index contributed by atoms with van der Waals surface area (Å²) in [6.45, 7) is 2.72. The molecule has 2 aromatic rings. The Morgan fingerprint density at radius 2 is 2.27 bits per heavy atom. The number of aromatic nitrogens is 1. The number of methoxy groups -OCH3 is 1. The number of carbonyl (C=O) groups is 1. The number of carbonyl (C=O) groups excluding carboxylic acids is 1. The van der Waals surface area contributed by atoms with Crippen molar-refractivity contribution in [1.82, 2.24) is 9.88 Å². The van der Waals surface area contributed by atoms with E-state index in [9.17, 15) is 9.90 Å². The molecule has 4 aliphatic heterocycles. The molecule has 0 saturated carbocycles. The first kappa shape index (κ1) is 16.1. The fourth-order valence-corrected chi connectivity index (χ4v) is 5.88. The number of aliphatic hydroxyl groups is 1. The van der Waals surface area contributed by atoms with Crippen LogP contribution in [0.3, 0.4) is 0 Å². The molecule has 5 atom stereocenters. The highest BCUT2D eigenvalue weighted by molar-refractivity contribution is 5.86. The summed E-state index contributed by atoms with van der Waals surface area (Å²) in [5, 5.41) is 11.7. The highest BCUT2D eigenvalue weighted by Crippen LogP contribution is 2.59. The maximum atomic E-state index is 12.9. The van der Waals surface area contributed by atoms with E-state index in [0.717, 1.165) is 24.9 Å². The molecule has 2 unspecified atom stereocenters. The average Bonchev–Trinajstić information content (AvgIpc) is 3.06. The number of esters is 1. The highest BCUT2D eigenvalue weighted by atomic mass is 16.5. The van der Waals surface area contributed by atoms with Gasteiger partial charge >= 0.3 is 5.97 Å². The molecule has 1 aromatic carbocycles. The first-order valence-electron chi connectivity index (χ1n) is 9.35. The predicted molar refractivity (Wildman–Crippen MR) is 98.6 cm³/mol. The summed E-state index contributed by atoms with van der Waals surface area (Å²) in [7, 11) is 1.43. The van der Waals surface area contributed by atoms with E-state index >= 15 is 0 Å². The van der Waals surface area contributed by atoms with Gasteiger partial charge in [0, 0.05) is 35.1 Å². The van der Waals surface area contributed by atoms with Crippen molar-refractivity contribution in [2.75, 3.05) is 20.3 Å². The third-order valence-corrected chi connectivity index (χ3v) is 7.06. The molecule has 5 nitrogen and oxygen atoms in total. The molecule has 0 amide bonds. The van der Waals surface area contributed by atoms with E-state index in [-0.39, 0.29) is 30.6 Å². The molecule has 0 radical (unpaired) electrons. The number of aliphatic hydroxyl groups excluding tert-OH is 1. The predicted octanol–water partition coefficient (Wildman–Crippen LogP) is 2.57. The van der Waals surface area contributed by atoms with E-state index in [1.54, 1.807) is 0 Å². The summed E-state index contributed by atoms with van der Waals surface area (Å²) in [5.41, 5.74) is 4.12. The summed E-state index contributed by atoms with van der Waals surface area (Å²) in [6, 6.07) is 8.61. The number of fused-ring (bicyclic) bond motifs is 4. The van der Waals surface area contributed by atoms with E-state index < -0.39 is 5.41 Å². The quantitative estimate of drug-likeness (QED) is 0.644. The number of hydrogen-bond acceptors (Lipinski definition) is 4. The van der Waals surface area contributed by atoms with Gasteiger partial charge in [-0.05, 0) is 31.4 Å². The zero-order valence-corrected chi connectivity index (χ0v) is 15.2. The zero-order valence-electron chi connectivity index (χ0n) is 15.2. The number of allylic oxidation sites excluding steroid dienone is 1. The van der Waals surface area contributed by atoms with E-state index in [2.05, 4.69) is 34.2 Å². The second kappa shape index (κ2) is 5.44.